The van der Waals surface area contributed by atoms with E-state index in [4.69, 9.17) is 0 Å². The van der Waals surface area contributed by atoms with Crippen LogP contribution in [0.3, 0.4) is 0 Å². The highest BCUT2D eigenvalue weighted by Gasteiger charge is 1.99. The molecule has 0 aliphatic rings. The molecule has 0 saturated carbocycles. The summed E-state index contributed by atoms with van der Waals surface area (Å²) in [6.45, 7) is 9.26. The van der Waals surface area contributed by atoms with Gasteiger partial charge in [-0.15, -0.1) is 0 Å². The summed E-state index contributed by atoms with van der Waals surface area (Å²) in [7, 11) is 4.25. The largest absolute Gasteiger partial charge is 0.308 e. The molecule has 0 bridgehead atoms. The minimum atomic E-state index is 1.17. The first-order chi connectivity index (χ1) is 5.20. The van der Waals surface area contributed by atoms with Gasteiger partial charge in [-0.25, -0.2) is 0 Å². The van der Waals surface area contributed by atoms with Crippen LogP contribution >= 0.6 is 0 Å². The van der Waals surface area contributed by atoms with Crippen molar-refractivity contribution in [2.45, 2.75) is 20.3 Å². The Morgan fingerprint density at radius 3 is 1.91 bits per heavy atom. The Morgan fingerprint density at radius 2 is 1.55 bits per heavy atom. The fourth-order valence-corrected chi connectivity index (χ4v) is 1.09. The Morgan fingerprint density at radius 1 is 0.909 bits per heavy atom. The molecular formula is C9H22N2. The molecule has 0 saturated heterocycles. The van der Waals surface area contributed by atoms with Gasteiger partial charge in [0, 0.05) is 13.1 Å². The van der Waals surface area contributed by atoms with Crippen LogP contribution in [0.5, 0.6) is 0 Å². The maximum Gasteiger partial charge on any atom is 0.0109 e. The Hall–Kier alpha value is -0.0800. The van der Waals surface area contributed by atoms with E-state index in [1.54, 1.807) is 0 Å². The average molecular weight is 158 g/mol. The number of hydrogen-bond acceptors (Lipinski definition) is 2. The maximum absolute atomic E-state index is 2.49. The maximum atomic E-state index is 2.49. The summed E-state index contributed by atoms with van der Waals surface area (Å²) >= 11 is 0. The topological polar surface area (TPSA) is 6.48 Å². The van der Waals surface area contributed by atoms with Gasteiger partial charge in [-0.05, 0) is 33.6 Å². The summed E-state index contributed by atoms with van der Waals surface area (Å²) in [5.41, 5.74) is 0. The molecule has 0 amide bonds. The van der Waals surface area contributed by atoms with E-state index >= 15 is 0 Å². The monoisotopic (exact) mass is 158 g/mol. The Kier molecular flexibility index (Phi) is 6.57. The van der Waals surface area contributed by atoms with E-state index in [-0.39, 0.29) is 0 Å². The zero-order chi connectivity index (χ0) is 8.69. The van der Waals surface area contributed by atoms with Crippen molar-refractivity contribution in [1.82, 2.24) is 9.80 Å². The second-order valence-electron chi connectivity index (χ2n) is 3.24. The van der Waals surface area contributed by atoms with Crippen molar-refractivity contribution >= 4 is 0 Å². The molecule has 0 rings (SSSR count). The van der Waals surface area contributed by atoms with E-state index < -0.39 is 0 Å². The zero-order valence-corrected chi connectivity index (χ0v) is 8.43. The van der Waals surface area contributed by atoms with E-state index in [9.17, 15) is 0 Å². The Balaban J connectivity index is 3.35. The molecule has 0 N–H and O–H groups in total. The molecule has 2 nitrogen and oxygen atoms in total. The van der Waals surface area contributed by atoms with Crippen molar-refractivity contribution in [2.24, 2.45) is 0 Å². The molecule has 0 aromatic heterocycles. The Bertz CT molecular complexity index is 81.6. The van der Waals surface area contributed by atoms with Crippen LogP contribution in [-0.2, 0) is 0 Å². The first-order valence-electron chi connectivity index (χ1n) is 4.57. The normalized spacial score (nSPS) is 11.5. The lowest BCUT2D eigenvalue weighted by atomic mass is 10.4. The summed E-state index contributed by atoms with van der Waals surface area (Å²) < 4.78 is 0. The van der Waals surface area contributed by atoms with Crippen molar-refractivity contribution in [1.29, 1.82) is 0 Å². The van der Waals surface area contributed by atoms with Crippen LogP contribution in [0, 0.1) is 0 Å². The molecule has 0 aliphatic carbocycles. The van der Waals surface area contributed by atoms with E-state index in [0.717, 1.165) is 0 Å². The summed E-state index contributed by atoms with van der Waals surface area (Å²) in [4.78, 5) is 4.72. The third-order valence-electron chi connectivity index (χ3n) is 1.85. The third-order valence-corrected chi connectivity index (χ3v) is 1.85. The highest BCUT2D eigenvalue weighted by molar-refractivity contribution is 4.55. The van der Waals surface area contributed by atoms with Gasteiger partial charge >= 0.3 is 0 Å². The molecule has 0 unspecified atom stereocenters. The molecular weight excluding hydrogens is 136 g/mol. The Labute approximate surface area is 71.2 Å². The van der Waals surface area contributed by atoms with Crippen LogP contribution in [0.1, 0.15) is 20.3 Å². The van der Waals surface area contributed by atoms with Crippen LogP contribution < -0.4 is 0 Å². The van der Waals surface area contributed by atoms with Crippen molar-refractivity contribution in [3.8, 4) is 0 Å². The van der Waals surface area contributed by atoms with Gasteiger partial charge in [0.1, 0.15) is 0 Å². The fraction of sp³-hybridized carbons (Fsp3) is 1.00. The second kappa shape index (κ2) is 6.62. The van der Waals surface area contributed by atoms with E-state index in [2.05, 4.69) is 37.7 Å². The molecule has 68 valence electrons. The van der Waals surface area contributed by atoms with Gasteiger partial charge in [-0.3, -0.25) is 0 Å². The molecule has 2 heteroatoms. The average Bonchev–Trinajstić information content (AvgIpc) is 1.97. The number of hydrogen-bond donors (Lipinski definition) is 0. The fourth-order valence-electron chi connectivity index (χ4n) is 1.09. The van der Waals surface area contributed by atoms with Crippen LogP contribution in [0.4, 0.5) is 0 Å². The molecule has 0 aromatic rings. The molecule has 0 aliphatic heterocycles. The molecule has 0 atom stereocenters. The predicted octanol–water partition coefficient (Wildman–Crippen LogP) is 1.28. The smallest absolute Gasteiger partial charge is 0.0109 e. The van der Waals surface area contributed by atoms with Crippen molar-refractivity contribution < 1.29 is 0 Å². The summed E-state index contributed by atoms with van der Waals surface area (Å²) in [5.74, 6) is 0. The van der Waals surface area contributed by atoms with Gasteiger partial charge in [-0.1, -0.05) is 13.8 Å². The van der Waals surface area contributed by atoms with Crippen LogP contribution in [0.15, 0.2) is 0 Å². The van der Waals surface area contributed by atoms with E-state index in [0.29, 0.717) is 0 Å². The standard InChI is InChI=1S/C9H22N2/c1-5-7-11(6-2)9-8-10(3)4/h5-9H2,1-4H3. The predicted molar refractivity (Wildman–Crippen MR) is 51.0 cm³/mol. The van der Waals surface area contributed by atoms with Gasteiger partial charge in [0.15, 0.2) is 0 Å². The SMILES string of the molecule is CCCN(CC)CCN(C)C. The second-order valence-corrected chi connectivity index (χ2v) is 3.24. The lowest BCUT2D eigenvalue weighted by molar-refractivity contribution is 0.251. The molecule has 0 heterocycles. The minimum absolute atomic E-state index is 1.17. The number of likely N-dealkylation sites (N-methyl/N-ethyl adjacent to an activating group) is 2. The molecule has 0 fully saturated rings. The van der Waals surface area contributed by atoms with Crippen molar-refractivity contribution in [3.05, 3.63) is 0 Å². The molecule has 0 aromatic carbocycles. The number of nitrogens with zero attached hydrogens (tertiary/aromatic N) is 2. The minimum Gasteiger partial charge on any atom is -0.308 e. The molecule has 0 spiro atoms. The first kappa shape index (κ1) is 10.9. The highest BCUT2D eigenvalue weighted by Crippen LogP contribution is 1.90. The van der Waals surface area contributed by atoms with Gasteiger partial charge in [-0.2, -0.15) is 0 Å². The van der Waals surface area contributed by atoms with Crippen molar-refractivity contribution in [2.75, 3.05) is 40.3 Å². The van der Waals surface area contributed by atoms with Gasteiger partial charge in [0.25, 0.3) is 0 Å². The lowest BCUT2D eigenvalue weighted by Crippen LogP contribution is -2.32. The summed E-state index contributed by atoms with van der Waals surface area (Å²) in [6.07, 6.45) is 1.27. The zero-order valence-electron chi connectivity index (χ0n) is 8.43. The summed E-state index contributed by atoms with van der Waals surface area (Å²) in [6, 6.07) is 0. The quantitative estimate of drug-likeness (QED) is 0.574. The molecule has 0 radical (unpaired) electrons. The van der Waals surface area contributed by atoms with Crippen LogP contribution in [-0.4, -0.2) is 50.1 Å². The molecule has 11 heavy (non-hydrogen) atoms. The van der Waals surface area contributed by atoms with Crippen molar-refractivity contribution in [3.63, 3.8) is 0 Å². The highest BCUT2D eigenvalue weighted by atomic mass is 15.2. The van der Waals surface area contributed by atoms with Gasteiger partial charge in [0.05, 0.1) is 0 Å². The lowest BCUT2D eigenvalue weighted by Gasteiger charge is -2.21. The van der Waals surface area contributed by atoms with Crippen LogP contribution in [0.25, 0.3) is 0 Å². The van der Waals surface area contributed by atoms with E-state index in [1.807, 2.05) is 0 Å². The first-order valence-corrected chi connectivity index (χ1v) is 4.57. The van der Waals surface area contributed by atoms with E-state index in [1.165, 1.54) is 32.6 Å². The third kappa shape index (κ3) is 6.32. The number of rotatable bonds is 6. The van der Waals surface area contributed by atoms with Gasteiger partial charge < -0.3 is 9.80 Å². The van der Waals surface area contributed by atoms with Crippen LogP contribution in [0.2, 0.25) is 0 Å². The van der Waals surface area contributed by atoms with Gasteiger partial charge in [0.2, 0.25) is 0 Å². The summed E-state index contributed by atoms with van der Waals surface area (Å²) in [5, 5.41) is 0.